The molecule has 0 radical (unpaired) electrons. The summed E-state index contributed by atoms with van der Waals surface area (Å²) in [6.45, 7) is 2.25. The van der Waals surface area contributed by atoms with Gasteiger partial charge in [0.1, 0.15) is 5.70 Å². The Morgan fingerprint density at radius 3 is 2.82 bits per heavy atom. The number of esters is 1. The van der Waals surface area contributed by atoms with E-state index in [-0.39, 0.29) is 18.0 Å². The molecule has 1 heterocycles. The Labute approximate surface area is 132 Å². The van der Waals surface area contributed by atoms with Crippen molar-refractivity contribution in [3.63, 3.8) is 0 Å². The molecule has 118 valence electrons. The third kappa shape index (κ3) is 3.00. The van der Waals surface area contributed by atoms with Crippen LogP contribution in [0, 0.1) is 0 Å². The van der Waals surface area contributed by atoms with Crippen LogP contribution in [0.3, 0.4) is 0 Å². The summed E-state index contributed by atoms with van der Waals surface area (Å²) < 4.78 is 4.81. The van der Waals surface area contributed by atoms with E-state index in [2.05, 4.69) is 5.43 Å². The van der Waals surface area contributed by atoms with Crippen LogP contribution < -0.4 is 21.9 Å². The van der Waals surface area contributed by atoms with Gasteiger partial charge in [0.25, 0.3) is 5.91 Å². The monoisotopic (exact) mass is 324 g/mol. The number of nitrogens with zero attached hydrogens (tertiary/aromatic N) is 1. The van der Waals surface area contributed by atoms with Crippen molar-refractivity contribution in [1.29, 1.82) is 0 Å². The molecule has 22 heavy (non-hydrogen) atoms. The molecular formula is C14H17ClN4O3. The van der Waals surface area contributed by atoms with E-state index in [1.54, 1.807) is 25.1 Å². The number of nitrogens with two attached hydrogens (primary N) is 2. The smallest absolute Gasteiger partial charge is 0.358 e. The van der Waals surface area contributed by atoms with Gasteiger partial charge in [-0.2, -0.15) is 0 Å². The number of benzene rings is 1. The molecule has 0 atom stereocenters. The Morgan fingerprint density at radius 1 is 1.45 bits per heavy atom. The second-order valence-corrected chi connectivity index (χ2v) is 5.07. The molecule has 5 N–H and O–H groups in total. The minimum atomic E-state index is -0.772. The molecule has 1 aliphatic rings. The van der Waals surface area contributed by atoms with E-state index in [0.717, 1.165) is 11.3 Å². The van der Waals surface area contributed by atoms with Crippen molar-refractivity contribution in [2.75, 3.05) is 18.1 Å². The molecule has 0 aromatic heterocycles. The van der Waals surface area contributed by atoms with Crippen LogP contribution in [0.2, 0.25) is 5.02 Å². The molecule has 1 aliphatic heterocycles. The van der Waals surface area contributed by atoms with Gasteiger partial charge in [-0.3, -0.25) is 10.6 Å². The van der Waals surface area contributed by atoms with Crippen molar-refractivity contribution in [3.8, 4) is 0 Å². The molecule has 0 aliphatic carbocycles. The van der Waals surface area contributed by atoms with Crippen LogP contribution in [0.25, 0.3) is 0 Å². The summed E-state index contributed by atoms with van der Waals surface area (Å²) in [6, 6.07) is 5.24. The maximum atomic E-state index is 12.5. The molecule has 1 amide bonds. The summed E-state index contributed by atoms with van der Waals surface area (Å²) in [5, 5.41) is 0.604. The fraction of sp³-hybridized carbons (Fsp3) is 0.286. The molecule has 0 bridgehead atoms. The van der Waals surface area contributed by atoms with Crippen LogP contribution >= 0.6 is 11.6 Å². The number of carbonyl (C=O) groups is 2. The van der Waals surface area contributed by atoms with Gasteiger partial charge in [-0.15, -0.1) is 0 Å². The third-order valence-corrected chi connectivity index (χ3v) is 3.54. The zero-order valence-electron chi connectivity index (χ0n) is 12.1. The lowest BCUT2D eigenvalue weighted by atomic mass is 10.2. The zero-order chi connectivity index (χ0) is 16.3. The van der Waals surface area contributed by atoms with E-state index in [1.165, 1.54) is 4.90 Å². The van der Waals surface area contributed by atoms with Gasteiger partial charge in [0.15, 0.2) is 5.70 Å². The normalized spacial score (nSPS) is 14.2. The Kier molecular flexibility index (Phi) is 4.89. The first-order valence-electron chi connectivity index (χ1n) is 6.73. The Morgan fingerprint density at radius 2 is 2.18 bits per heavy atom. The first kappa shape index (κ1) is 16.1. The maximum Gasteiger partial charge on any atom is 0.358 e. The van der Waals surface area contributed by atoms with Crippen molar-refractivity contribution in [2.45, 2.75) is 13.3 Å². The van der Waals surface area contributed by atoms with Gasteiger partial charge >= 0.3 is 5.97 Å². The Bertz CT molecular complexity index is 645. The number of halogens is 1. The zero-order valence-corrected chi connectivity index (χ0v) is 12.8. The SMILES string of the molecule is CCOC(=O)/C(NN)=C(/N)C(=O)N1CCc2cc(Cl)ccc21. The van der Waals surface area contributed by atoms with Gasteiger partial charge in [0, 0.05) is 17.3 Å². The van der Waals surface area contributed by atoms with Gasteiger partial charge < -0.3 is 20.8 Å². The number of fused-ring (bicyclic) bond motifs is 1. The van der Waals surface area contributed by atoms with E-state index in [9.17, 15) is 9.59 Å². The van der Waals surface area contributed by atoms with Crippen LogP contribution in [0.1, 0.15) is 12.5 Å². The lowest BCUT2D eigenvalue weighted by molar-refractivity contribution is -0.139. The summed E-state index contributed by atoms with van der Waals surface area (Å²) in [7, 11) is 0. The summed E-state index contributed by atoms with van der Waals surface area (Å²) >= 11 is 5.94. The van der Waals surface area contributed by atoms with E-state index >= 15 is 0 Å². The van der Waals surface area contributed by atoms with Crippen molar-refractivity contribution in [3.05, 3.63) is 40.2 Å². The number of amides is 1. The maximum absolute atomic E-state index is 12.5. The van der Waals surface area contributed by atoms with Crippen LogP contribution in [0.4, 0.5) is 5.69 Å². The molecule has 0 spiro atoms. The quantitative estimate of drug-likeness (QED) is 0.320. The first-order chi connectivity index (χ1) is 10.5. The molecule has 2 rings (SSSR count). The fourth-order valence-corrected chi connectivity index (χ4v) is 2.48. The Balaban J connectivity index is 2.31. The van der Waals surface area contributed by atoms with Crippen LogP contribution in [0.15, 0.2) is 29.6 Å². The summed E-state index contributed by atoms with van der Waals surface area (Å²) in [5.41, 5.74) is 9.05. The number of anilines is 1. The van der Waals surface area contributed by atoms with E-state index < -0.39 is 11.9 Å². The van der Waals surface area contributed by atoms with Crippen molar-refractivity contribution in [2.24, 2.45) is 11.6 Å². The van der Waals surface area contributed by atoms with Gasteiger partial charge in [0.2, 0.25) is 0 Å². The lowest BCUT2D eigenvalue weighted by Gasteiger charge is -2.19. The van der Waals surface area contributed by atoms with Gasteiger partial charge in [-0.25, -0.2) is 4.79 Å². The molecule has 0 unspecified atom stereocenters. The molecular weight excluding hydrogens is 308 g/mol. The molecule has 1 aromatic carbocycles. The second-order valence-electron chi connectivity index (χ2n) is 4.63. The van der Waals surface area contributed by atoms with Crippen molar-refractivity contribution in [1.82, 2.24) is 5.43 Å². The first-order valence-corrected chi connectivity index (χ1v) is 7.11. The summed E-state index contributed by atoms with van der Waals surface area (Å²) in [6.07, 6.45) is 0.666. The minimum absolute atomic E-state index is 0.149. The van der Waals surface area contributed by atoms with Crippen molar-refractivity contribution >= 4 is 29.2 Å². The number of hydrogen-bond acceptors (Lipinski definition) is 6. The highest BCUT2D eigenvalue weighted by molar-refractivity contribution is 6.30. The highest BCUT2D eigenvalue weighted by Crippen LogP contribution is 2.31. The Hall–Kier alpha value is -2.25. The van der Waals surface area contributed by atoms with Crippen LogP contribution in [-0.4, -0.2) is 25.0 Å². The number of carbonyl (C=O) groups excluding carboxylic acids is 2. The number of nitrogens with one attached hydrogen (secondary N) is 1. The number of ether oxygens (including phenoxy) is 1. The number of rotatable bonds is 4. The van der Waals surface area contributed by atoms with E-state index in [4.69, 9.17) is 27.9 Å². The largest absolute Gasteiger partial charge is 0.461 e. The van der Waals surface area contributed by atoms with Gasteiger partial charge in [-0.05, 0) is 37.1 Å². The van der Waals surface area contributed by atoms with Gasteiger partial charge in [0.05, 0.1) is 6.61 Å². The topological polar surface area (TPSA) is 111 Å². The van der Waals surface area contributed by atoms with Crippen molar-refractivity contribution < 1.29 is 14.3 Å². The van der Waals surface area contributed by atoms with E-state index in [1.807, 2.05) is 0 Å². The molecule has 0 saturated heterocycles. The molecule has 7 nitrogen and oxygen atoms in total. The molecule has 0 saturated carbocycles. The molecule has 0 fully saturated rings. The summed E-state index contributed by atoms with van der Waals surface area (Å²) in [4.78, 5) is 25.7. The minimum Gasteiger partial charge on any atom is -0.461 e. The average Bonchev–Trinajstić information content (AvgIpc) is 2.90. The molecule has 8 heteroatoms. The number of hydrogen-bond donors (Lipinski definition) is 3. The lowest BCUT2D eigenvalue weighted by Crippen LogP contribution is -2.39. The summed E-state index contributed by atoms with van der Waals surface area (Å²) in [5.74, 6) is 4.00. The van der Waals surface area contributed by atoms with Crippen LogP contribution in [0.5, 0.6) is 0 Å². The second kappa shape index (κ2) is 6.67. The van der Waals surface area contributed by atoms with Gasteiger partial charge in [-0.1, -0.05) is 11.6 Å². The predicted octanol–water partition coefficient (Wildman–Crippen LogP) is 0.426. The average molecular weight is 325 g/mol. The third-order valence-electron chi connectivity index (χ3n) is 3.31. The highest BCUT2D eigenvalue weighted by atomic mass is 35.5. The van der Waals surface area contributed by atoms with E-state index in [0.29, 0.717) is 18.0 Å². The van der Waals surface area contributed by atoms with Crippen LogP contribution in [-0.2, 0) is 20.7 Å². The standard InChI is InChI=1S/C14H17ClN4O3/c1-2-22-14(21)12(18-17)11(16)13(20)19-6-5-8-7-9(15)3-4-10(8)19/h3-4,7,18H,2,5-6,16-17H2,1H3/b12-11-. The highest BCUT2D eigenvalue weighted by Gasteiger charge is 2.29. The molecule has 1 aromatic rings. The predicted molar refractivity (Wildman–Crippen MR) is 82.7 cm³/mol. The fourth-order valence-electron chi connectivity index (χ4n) is 2.28. The number of hydrazine groups is 1.